The van der Waals surface area contributed by atoms with Crippen LogP contribution in [-0.4, -0.2) is 22.0 Å². The number of carbonyl (C=O) groups is 2. The van der Waals surface area contributed by atoms with Crippen LogP contribution in [0.15, 0.2) is 68.8 Å². The molecule has 0 unspecified atom stereocenters. The first-order valence-corrected chi connectivity index (χ1v) is 8.33. The van der Waals surface area contributed by atoms with E-state index in [4.69, 9.17) is 8.94 Å². The largest absolute Gasteiger partial charge is 0.503 e. The monoisotopic (exact) mass is 364 g/mol. The van der Waals surface area contributed by atoms with E-state index in [1.54, 1.807) is 50.2 Å². The number of aromatic nitrogens is 1. The summed E-state index contributed by atoms with van der Waals surface area (Å²) in [6, 6.07) is 12.9. The number of hydrogen-bond donors (Lipinski definition) is 1. The van der Waals surface area contributed by atoms with E-state index in [0.717, 1.165) is 0 Å². The van der Waals surface area contributed by atoms with E-state index < -0.39 is 23.5 Å². The molecule has 0 spiro atoms. The third-order valence-electron chi connectivity index (χ3n) is 4.39. The van der Waals surface area contributed by atoms with Gasteiger partial charge in [0.1, 0.15) is 11.5 Å². The van der Waals surface area contributed by atoms with Gasteiger partial charge in [0, 0.05) is 6.07 Å². The molecule has 1 aliphatic heterocycles. The molecular formula is C20H16N2O5. The summed E-state index contributed by atoms with van der Waals surface area (Å²) in [6.07, 6.45) is 0. The van der Waals surface area contributed by atoms with Crippen LogP contribution in [0.4, 0.5) is 5.82 Å². The quantitative estimate of drug-likeness (QED) is 0.710. The standard InChI is InChI=1S/C20H16N2O5/c1-11-8-9-14(26-11)18(23)16-17(13-6-4-3-5-7-13)22(20(25)19(16)24)15-10-12(2)27-21-15/h3-10,17,24H,1-2H3/t17-/m1/s1. The van der Waals surface area contributed by atoms with Crippen LogP contribution >= 0.6 is 0 Å². The van der Waals surface area contributed by atoms with Gasteiger partial charge in [0.25, 0.3) is 5.91 Å². The Balaban J connectivity index is 1.87. The third-order valence-corrected chi connectivity index (χ3v) is 4.39. The number of furan rings is 1. The summed E-state index contributed by atoms with van der Waals surface area (Å²) in [5.41, 5.74) is 0.600. The predicted octanol–water partition coefficient (Wildman–Crippen LogP) is 3.67. The molecule has 1 amide bonds. The lowest BCUT2D eigenvalue weighted by atomic mass is 9.95. The number of aliphatic hydroxyl groups is 1. The minimum Gasteiger partial charge on any atom is -0.503 e. The van der Waals surface area contributed by atoms with Gasteiger partial charge in [0.05, 0.1) is 11.6 Å². The highest BCUT2D eigenvalue weighted by Crippen LogP contribution is 2.41. The highest BCUT2D eigenvalue weighted by atomic mass is 16.5. The number of nitrogens with zero attached hydrogens (tertiary/aromatic N) is 2. The molecule has 3 heterocycles. The Morgan fingerprint density at radius 1 is 1.11 bits per heavy atom. The third kappa shape index (κ3) is 2.73. The molecular weight excluding hydrogens is 348 g/mol. The Labute approximate surface area is 154 Å². The van der Waals surface area contributed by atoms with Crippen LogP contribution in [0.2, 0.25) is 0 Å². The highest BCUT2D eigenvalue weighted by Gasteiger charge is 2.46. The smallest absolute Gasteiger partial charge is 0.295 e. The lowest BCUT2D eigenvalue weighted by Crippen LogP contribution is -2.31. The molecule has 1 atom stereocenters. The molecule has 0 radical (unpaired) electrons. The van der Waals surface area contributed by atoms with Gasteiger partial charge in [-0.1, -0.05) is 35.5 Å². The van der Waals surface area contributed by atoms with Gasteiger partial charge in [0.2, 0.25) is 5.78 Å². The molecule has 0 saturated heterocycles. The zero-order valence-electron chi connectivity index (χ0n) is 14.7. The van der Waals surface area contributed by atoms with Crippen molar-refractivity contribution in [2.75, 3.05) is 4.90 Å². The number of Topliss-reactive ketones (excluding diaryl/α,β-unsaturated/α-hetero) is 1. The zero-order valence-corrected chi connectivity index (χ0v) is 14.7. The zero-order chi connectivity index (χ0) is 19.1. The van der Waals surface area contributed by atoms with Crippen LogP contribution in [0.1, 0.15) is 33.7 Å². The lowest BCUT2D eigenvalue weighted by molar-refractivity contribution is -0.117. The Morgan fingerprint density at radius 2 is 1.85 bits per heavy atom. The summed E-state index contributed by atoms with van der Waals surface area (Å²) in [5, 5.41) is 14.4. The van der Waals surface area contributed by atoms with E-state index in [2.05, 4.69) is 5.16 Å². The van der Waals surface area contributed by atoms with Crippen molar-refractivity contribution in [2.24, 2.45) is 0 Å². The number of hydrogen-bond acceptors (Lipinski definition) is 6. The van der Waals surface area contributed by atoms with Crippen LogP contribution in [0.3, 0.4) is 0 Å². The van der Waals surface area contributed by atoms with Crippen molar-refractivity contribution in [2.45, 2.75) is 19.9 Å². The second-order valence-corrected chi connectivity index (χ2v) is 6.29. The number of aryl methyl sites for hydroxylation is 2. The van der Waals surface area contributed by atoms with Crippen LogP contribution in [0.25, 0.3) is 0 Å². The van der Waals surface area contributed by atoms with E-state index >= 15 is 0 Å². The summed E-state index contributed by atoms with van der Waals surface area (Å²) in [6.45, 7) is 3.41. The van der Waals surface area contributed by atoms with Crippen molar-refractivity contribution in [1.82, 2.24) is 5.16 Å². The van der Waals surface area contributed by atoms with Crippen LogP contribution in [0, 0.1) is 13.8 Å². The number of amides is 1. The number of ketones is 1. The maximum Gasteiger partial charge on any atom is 0.295 e. The summed E-state index contributed by atoms with van der Waals surface area (Å²) < 4.78 is 10.5. The average Bonchev–Trinajstić information content (AvgIpc) is 3.35. The minimum atomic E-state index is -0.846. The lowest BCUT2D eigenvalue weighted by Gasteiger charge is -2.24. The Bertz CT molecular complexity index is 1060. The summed E-state index contributed by atoms with van der Waals surface area (Å²) in [5.74, 6) is -0.552. The van der Waals surface area contributed by atoms with Gasteiger partial charge in [-0.05, 0) is 31.5 Å². The molecule has 7 nitrogen and oxygen atoms in total. The summed E-state index contributed by atoms with van der Waals surface area (Å²) in [4.78, 5) is 27.1. The molecule has 27 heavy (non-hydrogen) atoms. The van der Waals surface area contributed by atoms with Gasteiger partial charge in [-0.25, -0.2) is 0 Å². The normalized spacial score (nSPS) is 17.0. The van der Waals surface area contributed by atoms with Crippen LogP contribution < -0.4 is 4.90 Å². The topological polar surface area (TPSA) is 96.8 Å². The van der Waals surface area contributed by atoms with Crippen molar-refractivity contribution in [1.29, 1.82) is 0 Å². The van der Waals surface area contributed by atoms with Gasteiger partial charge in [0.15, 0.2) is 17.3 Å². The highest BCUT2D eigenvalue weighted by molar-refractivity contribution is 6.19. The molecule has 0 fully saturated rings. The molecule has 2 aromatic heterocycles. The number of aliphatic hydroxyl groups excluding tert-OH is 1. The van der Waals surface area contributed by atoms with E-state index in [9.17, 15) is 14.7 Å². The number of carbonyl (C=O) groups excluding carboxylic acids is 2. The van der Waals surface area contributed by atoms with Crippen molar-refractivity contribution < 1.29 is 23.6 Å². The van der Waals surface area contributed by atoms with Gasteiger partial charge < -0.3 is 14.0 Å². The first-order valence-electron chi connectivity index (χ1n) is 8.33. The molecule has 1 aromatic carbocycles. The Hall–Kier alpha value is -3.61. The van der Waals surface area contributed by atoms with E-state index in [0.29, 0.717) is 17.1 Å². The fraction of sp³-hybridized carbons (Fsp3) is 0.150. The molecule has 1 aliphatic rings. The first-order chi connectivity index (χ1) is 13.0. The molecule has 7 heteroatoms. The van der Waals surface area contributed by atoms with Crippen molar-refractivity contribution >= 4 is 17.5 Å². The van der Waals surface area contributed by atoms with Crippen molar-refractivity contribution in [3.05, 3.63) is 82.7 Å². The SMILES string of the molecule is Cc1cc(N2C(=O)C(O)=C(C(=O)c3ccc(C)o3)[C@H]2c2ccccc2)no1. The maximum atomic E-state index is 13.0. The molecule has 0 aliphatic carbocycles. The van der Waals surface area contributed by atoms with Gasteiger partial charge >= 0.3 is 0 Å². The number of benzene rings is 1. The molecule has 1 N–H and O–H groups in total. The van der Waals surface area contributed by atoms with Gasteiger partial charge in [-0.15, -0.1) is 0 Å². The first kappa shape index (κ1) is 16.8. The van der Waals surface area contributed by atoms with Crippen LogP contribution in [-0.2, 0) is 4.79 Å². The summed E-state index contributed by atoms with van der Waals surface area (Å²) >= 11 is 0. The van der Waals surface area contributed by atoms with E-state index in [1.807, 2.05) is 6.07 Å². The summed E-state index contributed by atoms with van der Waals surface area (Å²) in [7, 11) is 0. The number of anilines is 1. The fourth-order valence-electron chi connectivity index (χ4n) is 3.18. The van der Waals surface area contributed by atoms with Crippen LogP contribution in [0.5, 0.6) is 0 Å². The Kier molecular flexibility index (Phi) is 3.92. The van der Waals surface area contributed by atoms with E-state index in [-0.39, 0.29) is 17.2 Å². The molecule has 136 valence electrons. The second kappa shape index (κ2) is 6.28. The Morgan fingerprint density at radius 3 is 2.44 bits per heavy atom. The van der Waals surface area contributed by atoms with Gasteiger partial charge in [-0.2, -0.15) is 0 Å². The average molecular weight is 364 g/mol. The predicted molar refractivity (Wildman–Crippen MR) is 95.3 cm³/mol. The number of rotatable bonds is 4. The van der Waals surface area contributed by atoms with Crippen molar-refractivity contribution in [3.8, 4) is 0 Å². The van der Waals surface area contributed by atoms with E-state index in [1.165, 1.54) is 11.0 Å². The molecule has 0 bridgehead atoms. The molecule has 0 saturated carbocycles. The maximum absolute atomic E-state index is 13.0. The molecule has 3 aromatic rings. The van der Waals surface area contributed by atoms with Crippen molar-refractivity contribution in [3.63, 3.8) is 0 Å². The fourth-order valence-corrected chi connectivity index (χ4v) is 3.18. The minimum absolute atomic E-state index is 0.0544. The van der Waals surface area contributed by atoms with Gasteiger partial charge in [-0.3, -0.25) is 14.5 Å². The second-order valence-electron chi connectivity index (χ2n) is 6.29. The molecule has 4 rings (SSSR count).